The lowest BCUT2D eigenvalue weighted by Crippen LogP contribution is -2.23. The van der Waals surface area contributed by atoms with Crippen molar-refractivity contribution in [2.75, 3.05) is 6.54 Å². The number of rotatable bonds is 5. The largest absolute Gasteiger partial charge is 0.344 e. The van der Waals surface area contributed by atoms with Gasteiger partial charge in [0.25, 0.3) is 0 Å². The molecule has 8 heteroatoms. The zero-order valence-corrected chi connectivity index (χ0v) is 12.2. The van der Waals surface area contributed by atoms with Crippen LogP contribution in [0.2, 0.25) is 0 Å². The highest BCUT2D eigenvalue weighted by Crippen LogP contribution is 2.03. The number of urea groups is 1. The summed E-state index contributed by atoms with van der Waals surface area (Å²) in [5, 5.41) is 15.1. The minimum atomic E-state index is -0.520. The normalized spacial score (nSPS) is 15.0. The molecule has 1 aromatic carbocycles. The molecular weight excluding hydrogens is 296 g/mol. The van der Waals surface area contributed by atoms with Crippen molar-refractivity contribution in [1.82, 2.24) is 25.3 Å². The number of hydrazone groups is 1. The molecule has 0 radical (unpaired) electrons. The molecule has 1 saturated heterocycles. The Bertz CT molecular complexity index is 765. The molecule has 0 atom stereocenters. The fraction of sp³-hybridized carbons (Fsp3) is 0.133. The van der Waals surface area contributed by atoms with E-state index in [1.54, 1.807) is 16.8 Å². The summed E-state index contributed by atoms with van der Waals surface area (Å²) in [7, 11) is 0. The van der Waals surface area contributed by atoms with E-state index in [-0.39, 0.29) is 12.5 Å². The van der Waals surface area contributed by atoms with Crippen LogP contribution in [0, 0.1) is 0 Å². The topological polar surface area (TPSA) is 92.5 Å². The lowest BCUT2D eigenvalue weighted by atomic mass is 10.2. The monoisotopic (exact) mass is 310 g/mol. The van der Waals surface area contributed by atoms with Crippen LogP contribution < -0.4 is 5.32 Å². The van der Waals surface area contributed by atoms with E-state index >= 15 is 0 Å². The maximum absolute atomic E-state index is 11.3. The van der Waals surface area contributed by atoms with Crippen LogP contribution in [-0.4, -0.2) is 44.7 Å². The number of aromatic nitrogens is 3. The van der Waals surface area contributed by atoms with Gasteiger partial charge in [0, 0.05) is 6.21 Å². The molecule has 0 bridgehead atoms. The Hall–Kier alpha value is -3.29. The Morgan fingerprint density at radius 3 is 2.83 bits per heavy atom. The Morgan fingerprint density at radius 1 is 1.26 bits per heavy atom. The molecule has 2 aromatic rings. The highest BCUT2D eigenvalue weighted by molar-refractivity contribution is 6.02. The number of benzene rings is 1. The molecule has 0 unspecified atom stereocenters. The first-order valence-electron chi connectivity index (χ1n) is 6.97. The number of amides is 3. The molecule has 1 N–H and O–H groups in total. The first-order valence-corrected chi connectivity index (χ1v) is 6.97. The maximum atomic E-state index is 11.3. The fourth-order valence-corrected chi connectivity index (χ4v) is 2.02. The predicted octanol–water partition coefficient (Wildman–Crippen LogP) is 0.877. The summed E-state index contributed by atoms with van der Waals surface area (Å²) in [5.41, 5.74) is 1.81. The second-order valence-corrected chi connectivity index (χ2v) is 4.86. The van der Waals surface area contributed by atoms with Crippen molar-refractivity contribution in [2.24, 2.45) is 5.10 Å². The zero-order chi connectivity index (χ0) is 16.1. The highest BCUT2D eigenvalue weighted by Gasteiger charge is 2.25. The molecule has 1 fully saturated rings. The number of carbonyl (C=O) groups is 2. The standard InChI is InChI=1S/C15H14N6O2/c22-14-11-21(15(23)17-14)16-8-4-7-13-10-20(19-18-13)9-12-5-2-1-3-6-12/h1-8,10H,9,11H2,(H,17,22,23)/b7-4+,16-8-. The summed E-state index contributed by atoms with van der Waals surface area (Å²) in [6, 6.07) is 9.43. The van der Waals surface area contributed by atoms with Crippen molar-refractivity contribution in [3.8, 4) is 0 Å². The molecule has 2 heterocycles. The molecule has 0 spiro atoms. The molecule has 3 rings (SSSR count). The number of imide groups is 1. The molecule has 1 aliphatic heterocycles. The van der Waals surface area contributed by atoms with Crippen LogP contribution in [0.4, 0.5) is 4.79 Å². The number of hydrogen-bond acceptors (Lipinski definition) is 5. The summed E-state index contributed by atoms with van der Waals surface area (Å²) < 4.78 is 1.73. The van der Waals surface area contributed by atoms with E-state index in [9.17, 15) is 9.59 Å². The molecule has 8 nitrogen and oxygen atoms in total. The molecule has 3 amide bonds. The average molecular weight is 310 g/mol. The minimum Gasteiger partial charge on any atom is -0.275 e. The summed E-state index contributed by atoms with van der Waals surface area (Å²) in [4.78, 5) is 22.2. The Kier molecular flexibility index (Phi) is 4.23. The van der Waals surface area contributed by atoms with Crippen molar-refractivity contribution in [2.45, 2.75) is 6.54 Å². The third kappa shape index (κ3) is 3.88. The van der Waals surface area contributed by atoms with Crippen molar-refractivity contribution in [1.29, 1.82) is 0 Å². The van der Waals surface area contributed by atoms with Gasteiger partial charge >= 0.3 is 6.03 Å². The second-order valence-electron chi connectivity index (χ2n) is 4.86. The van der Waals surface area contributed by atoms with Gasteiger partial charge in [0.1, 0.15) is 12.2 Å². The number of carbonyl (C=O) groups excluding carboxylic acids is 2. The SMILES string of the molecule is O=C1CN(/N=C\C=C\c2cn(Cc3ccccc3)nn2)C(=O)N1. The fourth-order valence-electron chi connectivity index (χ4n) is 2.02. The molecular formula is C15H14N6O2. The van der Waals surface area contributed by atoms with E-state index in [1.165, 1.54) is 6.21 Å². The van der Waals surface area contributed by atoms with Crippen LogP contribution >= 0.6 is 0 Å². The number of hydrogen-bond donors (Lipinski definition) is 1. The van der Waals surface area contributed by atoms with Crippen molar-refractivity contribution < 1.29 is 9.59 Å². The first-order chi connectivity index (χ1) is 11.2. The van der Waals surface area contributed by atoms with Crippen LogP contribution in [-0.2, 0) is 11.3 Å². The maximum Gasteiger partial charge on any atom is 0.344 e. The smallest absolute Gasteiger partial charge is 0.275 e. The molecule has 0 aliphatic carbocycles. The van der Waals surface area contributed by atoms with Crippen LogP contribution in [0.25, 0.3) is 6.08 Å². The van der Waals surface area contributed by atoms with E-state index in [0.29, 0.717) is 12.2 Å². The van der Waals surface area contributed by atoms with Crippen LogP contribution in [0.15, 0.2) is 47.7 Å². The van der Waals surface area contributed by atoms with Gasteiger partial charge in [0.15, 0.2) is 0 Å². The highest BCUT2D eigenvalue weighted by atomic mass is 16.2. The van der Waals surface area contributed by atoms with Gasteiger partial charge in [-0.2, -0.15) is 5.10 Å². The van der Waals surface area contributed by atoms with E-state index in [0.717, 1.165) is 10.6 Å². The van der Waals surface area contributed by atoms with Gasteiger partial charge in [-0.3, -0.25) is 10.1 Å². The van der Waals surface area contributed by atoms with E-state index < -0.39 is 6.03 Å². The third-order valence-electron chi connectivity index (χ3n) is 3.08. The van der Waals surface area contributed by atoms with Gasteiger partial charge in [-0.1, -0.05) is 35.5 Å². The van der Waals surface area contributed by atoms with Gasteiger partial charge in [0.2, 0.25) is 5.91 Å². The number of nitrogens with zero attached hydrogens (tertiary/aromatic N) is 5. The Labute approximate surface area is 132 Å². The average Bonchev–Trinajstić information content (AvgIpc) is 3.11. The summed E-state index contributed by atoms with van der Waals surface area (Å²) in [6.45, 7) is 0.586. The predicted molar refractivity (Wildman–Crippen MR) is 83.3 cm³/mol. The van der Waals surface area contributed by atoms with Crippen LogP contribution in [0.1, 0.15) is 11.3 Å². The number of allylic oxidation sites excluding steroid dienone is 1. The van der Waals surface area contributed by atoms with Crippen LogP contribution in [0.3, 0.4) is 0 Å². The first kappa shape index (κ1) is 14.6. The van der Waals surface area contributed by atoms with Gasteiger partial charge in [-0.05, 0) is 17.7 Å². The van der Waals surface area contributed by atoms with Crippen LogP contribution in [0.5, 0.6) is 0 Å². The third-order valence-corrected chi connectivity index (χ3v) is 3.08. The molecule has 1 aromatic heterocycles. The molecule has 116 valence electrons. The van der Waals surface area contributed by atoms with Gasteiger partial charge in [-0.15, -0.1) is 5.10 Å². The lowest BCUT2D eigenvalue weighted by Gasteiger charge is -2.02. The number of nitrogens with one attached hydrogen (secondary N) is 1. The zero-order valence-electron chi connectivity index (χ0n) is 12.2. The minimum absolute atomic E-state index is 0.0591. The summed E-state index contributed by atoms with van der Waals surface area (Å²) >= 11 is 0. The Morgan fingerprint density at radius 2 is 2.09 bits per heavy atom. The van der Waals surface area contributed by atoms with Crippen molar-refractivity contribution in [3.63, 3.8) is 0 Å². The van der Waals surface area contributed by atoms with Gasteiger partial charge < -0.3 is 0 Å². The summed E-state index contributed by atoms with van der Waals surface area (Å²) in [6.07, 6.45) is 6.58. The van der Waals surface area contributed by atoms with E-state index in [1.807, 2.05) is 36.5 Å². The molecule has 23 heavy (non-hydrogen) atoms. The second kappa shape index (κ2) is 6.65. The molecule has 0 saturated carbocycles. The van der Waals surface area contributed by atoms with E-state index in [4.69, 9.17) is 0 Å². The Balaban J connectivity index is 1.56. The lowest BCUT2D eigenvalue weighted by molar-refractivity contribution is -0.118. The van der Waals surface area contributed by atoms with Crippen molar-refractivity contribution in [3.05, 3.63) is 53.9 Å². The summed E-state index contributed by atoms with van der Waals surface area (Å²) in [5.74, 6) is -0.361. The van der Waals surface area contributed by atoms with Gasteiger partial charge in [0.05, 0.1) is 12.7 Å². The quantitative estimate of drug-likeness (QED) is 0.655. The molecule has 1 aliphatic rings. The van der Waals surface area contributed by atoms with Crippen molar-refractivity contribution >= 4 is 24.2 Å². The van der Waals surface area contributed by atoms with E-state index in [2.05, 4.69) is 20.7 Å². The van der Waals surface area contributed by atoms with Gasteiger partial charge in [-0.25, -0.2) is 14.5 Å².